The van der Waals surface area contributed by atoms with Gasteiger partial charge in [-0.25, -0.2) is 0 Å². The van der Waals surface area contributed by atoms with Gasteiger partial charge in [-0.2, -0.15) is 0 Å². The molecule has 20 heavy (non-hydrogen) atoms. The Morgan fingerprint density at radius 3 is 2.65 bits per heavy atom. The summed E-state index contributed by atoms with van der Waals surface area (Å²) >= 11 is 0. The Balaban J connectivity index is 1.91. The number of hydrogen-bond donors (Lipinski definition) is 2. The Morgan fingerprint density at radius 2 is 1.95 bits per heavy atom. The van der Waals surface area contributed by atoms with Crippen LogP contribution in [0.3, 0.4) is 0 Å². The maximum atomic E-state index is 12.0. The average molecular weight is 268 g/mol. The third-order valence-electron chi connectivity index (χ3n) is 3.26. The molecule has 0 fully saturated rings. The van der Waals surface area contributed by atoms with E-state index in [-0.39, 0.29) is 5.78 Å². The van der Waals surface area contributed by atoms with Crippen LogP contribution in [0, 0.1) is 13.8 Å². The van der Waals surface area contributed by atoms with Gasteiger partial charge in [-0.05, 0) is 37.6 Å². The molecule has 0 radical (unpaired) electrons. The molecule has 3 nitrogen and oxygen atoms in total. The molecule has 0 unspecified atom stereocenters. The number of Topliss-reactive ketones (excluding diaryl/α,β-unsaturated/α-hetero) is 1. The molecule has 3 heteroatoms. The van der Waals surface area contributed by atoms with Crippen molar-refractivity contribution in [3.8, 4) is 0 Å². The number of aryl methyl sites for hydroxylation is 2. The Morgan fingerprint density at radius 1 is 1.15 bits per heavy atom. The van der Waals surface area contributed by atoms with Crippen LogP contribution in [0.5, 0.6) is 0 Å². The summed E-state index contributed by atoms with van der Waals surface area (Å²) < 4.78 is 0. The fourth-order valence-corrected chi connectivity index (χ4v) is 2.18. The molecule has 0 aromatic heterocycles. The molecular formula is C17H20N2O. The molecule has 0 aliphatic rings. The number of carbonyl (C=O) groups excluding carboxylic acids is 1. The molecule has 0 spiro atoms. The third-order valence-corrected chi connectivity index (χ3v) is 3.26. The van der Waals surface area contributed by atoms with Gasteiger partial charge in [0.15, 0.2) is 5.78 Å². The van der Waals surface area contributed by atoms with Crippen molar-refractivity contribution in [1.29, 1.82) is 0 Å². The van der Waals surface area contributed by atoms with Crippen molar-refractivity contribution in [2.24, 2.45) is 0 Å². The molecule has 0 saturated heterocycles. The van der Waals surface area contributed by atoms with E-state index in [0.29, 0.717) is 24.2 Å². The lowest BCUT2D eigenvalue weighted by molar-refractivity contribution is 0.0986. The highest BCUT2D eigenvalue weighted by Gasteiger charge is 2.06. The van der Waals surface area contributed by atoms with Crippen LogP contribution < -0.4 is 11.1 Å². The Kier molecular flexibility index (Phi) is 4.41. The number of nitrogens with one attached hydrogen (secondary N) is 1. The van der Waals surface area contributed by atoms with E-state index < -0.39 is 0 Å². The van der Waals surface area contributed by atoms with Gasteiger partial charge in [0.05, 0.1) is 0 Å². The van der Waals surface area contributed by atoms with E-state index in [1.807, 2.05) is 0 Å². The summed E-state index contributed by atoms with van der Waals surface area (Å²) in [6.07, 6.45) is 0.455. The lowest BCUT2D eigenvalue weighted by atomic mass is 10.1. The number of benzene rings is 2. The maximum Gasteiger partial charge on any atom is 0.164 e. The van der Waals surface area contributed by atoms with E-state index in [1.54, 1.807) is 24.3 Å². The van der Waals surface area contributed by atoms with Crippen molar-refractivity contribution in [1.82, 2.24) is 0 Å². The minimum absolute atomic E-state index is 0.106. The van der Waals surface area contributed by atoms with Crippen molar-refractivity contribution in [3.05, 3.63) is 59.2 Å². The number of rotatable bonds is 5. The van der Waals surface area contributed by atoms with Gasteiger partial charge in [-0.15, -0.1) is 0 Å². The lowest BCUT2D eigenvalue weighted by Crippen LogP contribution is -2.09. The minimum atomic E-state index is 0.106. The second-order valence-corrected chi connectivity index (χ2v) is 5.04. The molecule has 0 aliphatic heterocycles. The number of nitrogen functional groups attached to an aromatic ring is 1. The Labute approximate surface area is 119 Å². The van der Waals surface area contributed by atoms with Gasteiger partial charge in [0.1, 0.15) is 0 Å². The van der Waals surface area contributed by atoms with Crippen LogP contribution in [-0.2, 0) is 0 Å². The summed E-state index contributed by atoms with van der Waals surface area (Å²) in [6, 6.07) is 13.4. The zero-order chi connectivity index (χ0) is 14.5. The van der Waals surface area contributed by atoms with Crippen molar-refractivity contribution in [3.63, 3.8) is 0 Å². The topological polar surface area (TPSA) is 55.1 Å². The van der Waals surface area contributed by atoms with Crippen LogP contribution in [0.1, 0.15) is 27.9 Å². The number of carbonyl (C=O) groups is 1. The number of anilines is 2. The molecule has 0 saturated carbocycles. The number of ketones is 1. The summed E-state index contributed by atoms with van der Waals surface area (Å²) in [4.78, 5) is 12.0. The van der Waals surface area contributed by atoms with Gasteiger partial charge >= 0.3 is 0 Å². The number of nitrogens with two attached hydrogens (primary N) is 1. The summed E-state index contributed by atoms with van der Waals surface area (Å²) in [6.45, 7) is 4.76. The fourth-order valence-electron chi connectivity index (χ4n) is 2.18. The molecule has 0 heterocycles. The van der Waals surface area contributed by atoms with Gasteiger partial charge in [-0.1, -0.05) is 29.8 Å². The second kappa shape index (κ2) is 6.24. The zero-order valence-corrected chi connectivity index (χ0v) is 11.9. The van der Waals surface area contributed by atoms with E-state index in [9.17, 15) is 4.79 Å². The summed E-state index contributed by atoms with van der Waals surface area (Å²) in [5.41, 5.74) is 10.5. The van der Waals surface area contributed by atoms with Gasteiger partial charge in [0, 0.05) is 29.9 Å². The highest BCUT2D eigenvalue weighted by atomic mass is 16.1. The SMILES string of the molecule is Cc1ccc(NCCC(=O)c2cccc(N)c2)c(C)c1. The lowest BCUT2D eigenvalue weighted by Gasteiger charge is -2.10. The highest BCUT2D eigenvalue weighted by Crippen LogP contribution is 2.16. The van der Waals surface area contributed by atoms with Crippen LogP contribution in [0.15, 0.2) is 42.5 Å². The molecule has 0 bridgehead atoms. The molecule has 104 valence electrons. The molecular weight excluding hydrogens is 248 g/mol. The van der Waals surface area contributed by atoms with Crippen LogP contribution in [-0.4, -0.2) is 12.3 Å². The molecule has 0 amide bonds. The molecule has 2 aromatic carbocycles. The largest absolute Gasteiger partial charge is 0.399 e. The predicted molar refractivity (Wildman–Crippen MR) is 84.2 cm³/mol. The predicted octanol–water partition coefficient (Wildman–Crippen LogP) is 3.57. The van der Waals surface area contributed by atoms with E-state index in [2.05, 4.69) is 37.4 Å². The van der Waals surface area contributed by atoms with Crippen molar-refractivity contribution < 1.29 is 4.79 Å². The summed E-state index contributed by atoms with van der Waals surface area (Å²) in [7, 11) is 0. The Hall–Kier alpha value is -2.29. The standard InChI is InChI=1S/C17H20N2O/c1-12-6-7-16(13(2)10-12)19-9-8-17(20)14-4-3-5-15(18)11-14/h3-7,10-11,19H,8-9,18H2,1-2H3. The smallest absolute Gasteiger partial charge is 0.164 e. The number of hydrogen-bond acceptors (Lipinski definition) is 3. The highest BCUT2D eigenvalue weighted by molar-refractivity contribution is 5.97. The average Bonchev–Trinajstić information content (AvgIpc) is 2.41. The van der Waals surface area contributed by atoms with Crippen molar-refractivity contribution in [2.45, 2.75) is 20.3 Å². The molecule has 3 N–H and O–H groups in total. The molecule has 2 aromatic rings. The van der Waals surface area contributed by atoms with Crippen LogP contribution in [0.25, 0.3) is 0 Å². The first-order valence-electron chi connectivity index (χ1n) is 6.76. The van der Waals surface area contributed by atoms with E-state index in [1.165, 1.54) is 11.1 Å². The van der Waals surface area contributed by atoms with E-state index >= 15 is 0 Å². The second-order valence-electron chi connectivity index (χ2n) is 5.04. The van der Waals surface area contributed by atoms with Crippen molar-refractivity contribution >= 4 is 17.2 Å². The van der Waals surface area contributed by atoms with Crippen molar-refractivity contribution in [2.75, 3.05) is 17.6 Å². The first-order chi connectivity index (χ1) is 9.56. The summed E-state index contributed by atoms with van der Waals surface area (Å²) in [5, 5.41) is 3.30. The zero-order valence-electron chi connectivity index (χ0n) is 11.9. The van der Waals surface area contributed by atoms with Gasteiger partial charge < -0.3 is 11.1 Å². The maximum absolute atomic E-state index is 12.0. The van der Waals surface area contributed by atoms with Gasteiger partial charge in [0.25, 0.3) is 0 Å². The molecule has 0 atom stereocenters. The molecule has 0 aliphatic carbocycles. The third kappa shape index (κ3) is 3.60. The van der Waals surface area contributed by atoms with E-state index in [4.69, 9.17) is 5.73 Å². The minimum Gasteiger partial charge on any atom is -0.399 e. The van der Waals surface area contributed by atoms with Gasteiger partial charge in [-0.3, -0.25) is 4.79 Å². The van der Waals surface area contributed by atoms with Crippen LogP contribution in [0.2, 0.25) is 0 Å². The summed E-state index contributed by atoms with van der Waals surface area (Å²) in [5.74, 6) is 0.106. The Bertz CT molecular complexity index is 620. The van der Waals surface area contributed by atoms with Gasteiger partial charge in [0.2, 0.25) is 0 Å². The monoisotopic (exact) mass is 268 g/mol. The van der Waals surface area contributed by atoms with E-state index in [0.717, 1.165) is 5.69 Å². The normalized spacial score (nSPS) is 10.3. The first-order valence-corrected chi connectivity index (χ1v) is 6.76. The molecule has 2 rings (SSSR count). The fraction of sp³-hybridized carbons (Fsp3) is 0.235. The first kappa shape index (κ1) is 14.1. The van der Waals surface area contributed by atoms with Crippen LogP contribution >= 0.6 is 0 Å². The quantitative estimate of drug-likeness (QED) is 0.644. The van der Waals surface area contributed by atoms with Crippen LogP contribution in [0.4, 0.5) is 11.4 Å².